The predicted molar refractivity (Wildman–Crippen MR) is 96.2 cm³/mol. The number of rotatable bonds is 7. The summed E-state index contributed by atoms with van der Waals surface area (Å²) in [6.45, 7) is 2.46. The van der Waals surface area contributed by atoms with Gasteiger partial charge in [-0.05, 0) is 43.4 Å². The fourth-order valence-corrected chi connectivity index (χ4v) is 3.30. The molecule has 7 heteroatoms. The molecule has 0 saturated carbocycles. The van der Waals surface area contributed by atoms with Crippen molar-refractivity contribution in [3.05, 3.63) is 29.8 Å². The molecule has 1 fully saturated rings. The van der Waals surface area contributed by atoms with E-state index in [1.54, 1.807) is 19.2 Å². The van der Waals surface area contributed by atoms with Gasteiger partial charge in [-0.2, -0.15) is 0 Å². The highest BCUT2D eigenvalue weighted by molar-refractivity contribution is 7.90. The van der Waals surface area contributed by atoms with E-state index in [9.17, 15) is 8.42 Å². The van der Waals surface area contributed by atoms with Crippen molar-refractivity contribution >= 4 is 15.8 Å². The van der Waals surface area contributed by atoms with Gasteiger partial charge in [0.1, 0.15) is 0 Å². The molecule has 1 aliphatic heterocycles. The predicted octanol–water partition coefficient (Wildman–Crippen LogP) is 1.37. The number of nitrogens with zero attached hydrogens (tertiary/aromatic N) is 1. The fourth-order valence-electron chi connectivity index (χ4n) is 2.67. The van der Waals surface area contributed by atoms with Gasteiger partial charge in [-0.25, -0.2) is 8.42 Å². The molecule has 1 saturated heterocycles. The molecule has 1 unspecified atom stereocenters. The van der Waals surface area contributed by atoms with Crippen LogP contribution in [0, 0.1) is 0 Å². The summed E-state index contributed by atoms with van der Waals surface area (Å²) in [6, 6.07) is 7.01. The first-order chi connectivity index (χ1) is 11.5. The molecule has 0 aliphatic carbocycles. The Kier molecular flexibility index (Phi) is 7.05. The largest absolute Gasteiger partial charge is 0.378 e. The van der Waals surface area contributed by atoms with Crippen LogP contribution in [0.3, 0.4) is 0 Å². The van der Waals surface area contributed by atoms with E-state index in [0.717, 1.165) is 56.9 Å². The first kappa shape index (κ1) is 18.7. The third kappa shape index (κ3) is 6.13. The summed E-state index contributed by atoms with van der Waals surface area (Å²) in [5.74, 6) is 0.778. The van der Waals surface area contributed by atoms with Gasteiger partial charge in [0.05, 0.1) is 11.0 Å². The second-order valence-corrected chi connectivity index (χ2v) is 8.03. The minimum atomic E-state index is -3.13. The quantitative estimate of drug-likeness (QED) is 0.572. The highest BCUT2D eigenvalue weighted by Crippen LogP contribution is 2.14. The molecule has 1 aromatic rings. The first-order valence-electron chi connectivity index (χ1n) is 8.34. The van der Waals surface area contributed by atoms with Crippen molar-refractivity contribution in [2.75, 3.05) is 33.0 Å². The number of hydrogen-bond acceptors (Lipinski definition) is 4. The lowest BCUT2D eigenvalue weighted by Gasteiger charge is -2.14. The number of guanidine groups is 1. The van der Waals surface area contributed by atoms with Crippen LogP contribution in [0.4, 0.5) is 0 Å². The third-order valence-corrected chi connectivity index (χ3v) is 5.19. The lowest BCUT2D eigenvalue weighted by Crippen LogP contribution is -2.39. The van der Waals surface area contributed by atoms with Gasteiger partial charge < -0.3 is 15.4 Å². The summed E-state index contributed by atoms with van der Waals surface area (Å²) in [6.07, 6.45) is 5.70. The number of benzene rings is 1. The second kappa shape index (κ2) is 9.03. The zero-order valence-electron chi connectivity index (χ0n) is 14.4. The van der Waals surface area contributed by atoms with Crippen LogP contribution in [0.15, 0.2) is 34.2 Å². The van der Waals surface area contributed by atoms with Gasteiger partial charge >= 0.3 is 0 Å². The summed E-state index contributed by atoms with van der Waals surface area (Å²) < 4.78 is 28.5. The van der Waals surface area contributed by atoms with Gasteiger partial charge in [0, 0.05) is 33.0 Å². The Morgan fingerprint density at radius 2 is 1.96 bits per heavy atom. The van der Waals surface area contributed by atoms with Gasteiger partial charge in [0.25, 0.3) is 0 Å². The molecule has 1 atom stereocenters. The molecule has 6 nitrogen and oxygen atoms in total. The van der Waals surface area contributed by atoms with Crippen LogP contribution in [-0.4, -0.2) is 53.5 Å². The maximum absolute atomic E-state index is 11.4. The molecular weight excluding hydrogens is 326 g/mol. The topological polar surface area (TPSA) is 79.8 Å². The average Bonchev–Trinajstić information content (AvgIpc) is 3.06. The Bertz CT molecular complexity index is 636. The van der Waals surface area contributed by atoms with Crippen LogP contribution in [0.1, 0.15) is 24.8 Å². The van der Waals surface area contributed by atoms with Crippen molar-refractivity contribution in [3.63, 3.8) is 0 Å². The Morgan fingerprint density at radius 3 is 2.54 bits per heavy atom. The average molecular weight is 353 g/mol. The van der Waals surface area contributed by atoms with Gasteiger partial charge in [-0.1, -0.05) is 12.1 Å². The van der Waals surface area contributed by atoms with Crippen molar-refractivity contribution in [1.29, 1.82) is 0 Å². The number of ether oxygens (including phenoxy) is 1. The van der Waals surface area contributed by atoms with Crippen molar-refractivity contribution < 1.29 is 13.2 Å². The van der Waals surface area contributed by atoms with Crippen molar-refractivity contribution in [1.82, 2.24) is 10.6 Å². The molecule has 134 valence electrons. The van der Waals surface area contributed by atoms with E-state index < -0.39 is 9.84 Å². The smallest absolute Gasteiger partial charge is 0.190 e. The van der Waals surface area contributed by atoms with Gasteiger partial charge in [-0.3, -0.25) is 4.99 Å². The van der Waals surface area contributed by atoms with Crippen LogP contribution >= 0.6 is 0 Å². The number of nitrogens with one attached hydrogen (secondary N) is 2. The molecule has 0 radical (unpaired) electrons. The number of hydrogen-bond donors (Lipinski definition) is 2. The molecule has 2 rings (SSSR count). The Hall–Kier alpha value is -1.60. The van der Waals surface area contributed by atoms with Crippen molar-refractivity contribution in [3.8, 4) is 0 Å². The molecule has 24 heavy (non-hydrogen) atoms. The maximum Gasteiger partial charge on any atom is 0.190 e. The summed E-state index contributed by atoms with van der Waals surface area (Å²) in [5, 5.41) is 6.56. The van der Waals surface area contributed by atoms with Crippen LogP contribution < -0.4 is 10.6 Å². The molecule has 0 aromatic heterocycles. The molecular formula is C17H27N3O3S. The van der Waals surface area contributed by atoms with Crippen molar-refractivity contribution in [2.45, 2.75) is 36.7 Å². The molecule has 1 heterocycles. The maximum atomic E-state index is 11.4. The normalized spacial score (nSPS) is 18.6. The second-order valence-electron chi connectivity index (χ2n) is 6.02. The zero-order valence-corrected chi connectivity index (χ0v) is 15.2. The number of sulfone groups is 1. The van der Waals surface area contributed by atoms with E-state index >= 15 is 0 Å². The van der Waals surface area contributed by atoms with Gasteiger partial charge in [0.2, 0.25) is 0 Å². The Balaban J connectivity index is 1.69. The summed E-state index contributed by atoms with van der Waals surface area (Å²) in [4.78, 5) is 4.56. The highest BCUT2D eigenvalue weighted by atomic mass is 32.2. The van der Waals surface area contributed by atoms with Crippen molar-refractivity contribution in [2.24, 2.45) is 4.99 Å². The van der Waals surface area contributed by atoms with E-state index in [1.165, 1.54) is 6.26 Å². The lowest BCUT2D eigenvalue weighted by molar-refractivity contribution is 0.105. The first-order valence-corrected chi connectivity index (χ1v) is 10.2. The minimum absolute atomic E-state index is 0.353. The molecule has 2 N–H and O–H groups in total. The monoisotopic (exact) mass is 353 g/mol. The van der Waals surface area contributed by atoms with Crippen LogP contribution in [-0.2, 0) is 21.0 Å². The molecule has 0 amide bonds. The lowest BCUT2D eigenvalue weighted by atomic mass is 10.1. The van der Waals surface area contributed by atoms with Crippen LogP contribution in [0.5, 0.6) is 0 Å². The fraction of sp³-hybridized carbons (Fsp3) is 0.588. The minimum Gasteiger partial charge on any atom is -0.378 e. The summed E-state index contributed by atoms with van der Waals surface area (Å²) >= 11 is 0. The molecule has 0 bridgehead atoms. The summed E-state index contributed by atoms with van der Waals surface area (Å²) in [5.41, 5.74) is 1.09. The molecule has 1 aromatic carbocycles. The number of aliphatic imine (C=N–C) groups is 1. The Labute approximate surface area is 144 Å². The van der Waals surface area contributed by atoms with E-state index in [0.29, 0.717) is 11.0 Å². The highest BCUT2D eigenvalue weighted by Gasteiger charge is 2.14. The molecule has 0 spiro atoms. The van der Waals surface area contributed by atoms with Crippen LogP contribution in [0.25, 0.3) is 0 Å². The third-order valence-electron chi connectivity index (χ3n) is 4.06. The van der Waals surface area contributed by atoms with E-state index in [1.807, 2.05) is 12.1 Å². The van der Waals surface area contributed by atoms with Crippen LogP contribution in [0.2, 0.25) is 0 Å². The Morgan fingerprint density at radius 1 is 1.25 bits per heavy atom. The van der Waals surface area contributed by atoms with E-state index in [-0.39, 0.29) is 0 Å². The van der Waals surface area contributed by atoms with E-state index in [2.05, 4.69) is 15.6 Å². The van der Waals surface area contributed by atoms with E-state index in [4.69, 9.17) is 4.74 Å². The standard InChI is InChI=1S/C17H27N3O3S/c1-18-17(20-12-10-15-4-3-13-23-15)19-11-9-14-5-7-16(8-6-14)24(2,21)22/h5-8,15H,3-4,9-13H2,1-2H3,(H2,18,19,20). The SMILES string of the molecule is CN=C(NCCc1ccc(S(C)(=O)=O)cc1)NCCC1CCCO1. The summed E-state index contributed by atoms with van der Waals surface area (Å²) in [7, 11) is -1.38. The van der Waals surface area contributed by atoms with Gasteiger partial charge in [0.15, 0.2) is 15.8 Å². The molecule has 1 aliphatic rings. The zero-order chi connectivity index (χ0) is 17.4. The van der Waals surface area contributed by atoms with Gasteiger partial charge in [-0.15, -0.1) is 0 Å².